The van der Waals surface area contributed by atoms with Crippen LogP contribution in [0.2, 0.25) is 0 Å². The largest absolute Gasteiger partial charge is 0.550 e. The molecule has 1 N–H and O–H groups in total. The number of aliphatic carboxylic acids is 1. The van der Waals surface area contributed by atoms with Crippen molar-refractivity contribution in [2.75, 3.05) is 20.1 Å². The number of urea groups is 1. The summed E-state index contributed by atoms with van der Waals surface area (Å²) < 4.78 is 94.7. The molecule has 4 atom stereocenters. The predicted molar refractivity (Wildman–Crippen MR) is 132 cm³/mol. The lowest BCUT2D eigenvalue weighted by Gasteiger charge is -2.49. The van der Waals surface area contributed by atoms with Crippen molar-refractivity contribution >= 4 is 12.0 Å². The van der Waals surface area contributed by atoms with Gasteiger partial charge in [0.15, 0.2) is 0 Å². The Morgan fingerprint density at radius 1 is 1.07 bits per heavy atom. The Morgan fingerprint density at radius 3 is 2.22 bits per heavy atom. The Kier molecular flexibility index (Phi) is 8.07. The third-order valence-corrected chi connectivity index (χ3v) is 8.41. The Balaban J connectivity index is 1.71. The normalized spacial score (nSPS) is 24.0. The van der Waals surface area contributed by atoms with Crippen LogP contribution in [0.4, 0.5) is 35.5 Å². The van der Waals surface area contributed by atoms with E-state index in [-0.39, 0.29) is 31.0 Å². The van der Waals surface area contributed by atoms with Crippen LogP contribution in [-0.4, -0.2) is 47.5 Å². The van der Waals surface area contributed by atoms with Gasteiger partial charge in [-0.25, -0.2) is 9.18 Å². The SMILES string of the molecule is Cc1cc(F)ccc1[C@H]1C[C@@]2(CCN1C(=O)N(C)[C@H](C)c1cc(C(F)(F)F)cc(C(F)(F)F)c1)NCC[C@@H]2C(=O)[O-]. The van der Waals surface area contributed by atoms with E-state index < -0.39 is 64.8 Å². The molecule has 1 spiro atoms. The number of nitrogens with zero attached hydrogens (tertiary/aromatic N) is 2. The molecular formula is C28H29F7N3O3-. The molecule has 4 rings (SSSR count). The molecule has 0 radical (unpaired) electrons. The number of benzene rings is 2. The molecule has 0 aliphatic carbocycles. The number of hydrogen-bond donors (Lipinski definition) is 1. The lowest BCUT2D eigenvalue weighted by molar-refractivity contribution is -0.313. The van der Waals surface area contributed by atoms with Crippen molar-refractivity contribution < 1.29 is 45.4 Å². The van der Waals surface area contributed by atoms with Crippen LogP contribution in [0, 0.1) is 18.7 Å². The summed E-state index contributed by atoms with van der Waals surface area (Å²) in [6, 6.07) is 2.52. The number of amides is 2. The standard InChI is InChI=1S/C28H30F7N3O3/c1-15-10-20(29)4-5-21(15)23-14-26(22(24(39)40)6-8-36-26)7-9-38(23)25(41)37(3)16(2)17-11-18(27(30,31)32)13-19(12-17)28(33,34)35/h4-5,10-13,16,22-23,36H,6-9,14H2,1-3H3,(H,39,40)/p-1/t16-,22-,23-,26-/m1/s1. The monoisotopic (exact) mass is 588 g/mol. The van der Waals surface area contributed by atoms with Crippen molar-refractivity contribution in [1.29, 1.82) is 0 Å². The second-order valence-electron chi connectivity index (χ2n) is 10.8. The highest BCUT2D eigenvalue weighted by molar-refractivity contribution is 5.76. The summed E-state index contributed by atoms with van der Waals surface area (Å²) in [5.74, 6) is -2.59. The highest BCUT2D eigenvalue weighted by atomic mass is 19.4. The molecule has 2 aromatic rings. The zero-order valence-corrected chi connectivity index (χ0v) is 22.5. The van der Waals surface area contributed by atoms with Crippen LogP contribution in [0.3, 0.4) is 0 Å². The molecule has 2 aliphatic heterocycles. The number of piperidine rings is 1. The molecule has 2 saturated heterocycles. The molecule has 2 fully saturated rings. The van der Waals surface area contributed by atoms with E-state index >= 15 is 0 Å². The van der Waals surface area contributed by atoms with Gasteiger partial charge < -0.3 is 25.0 Å². The van der Waals surface area contributed by atoms with Crippen molar-refractivity contribution in [2.24, 2.45) is 5.92 Å². The molecule has 0 unspecified atom stereocenters. The lowest BCUT2D eigenvalue weighted by atomic mass is 9.73. The first-order valence-electron chi connectivity index (χ1n) is 13.0. The van der Waals surface area contributed by atoms with Gasteiger partial charge in [0.25, 0.3) is 0 Å². The summed E-state index contributed by atoms with van der Waals surface area (Å²) in [4.78, 5) is 28.3. The highest BCUT2D eigenvalue weighted by Crippen LogP contribution is 2.45. The Morgan fingerprint density at radius 2 is 1.68 bits per heavy atom. The zero-order chi connectivity index (χ0) is 30.5. The van der Waals surface area contributed by atoms with E-state index in [9.17, 15) is 45.4 Å². The number of nitrogens with one attached hydrogen (secondary N) is 1. The van der Waals surface area contributed by atoms with E-state index in [0.29, 0.717) is 36.2 Å². The maximum absolute atomic E-state index is 13.9. The molecule has 0 saturated carbocycles. The van der Waals surface area contributed by atoms with Crippen molar-refractivity contribution in [3.05, 3.63) is 70.0 Å². The summed E-state index contributed by atoms with van der Waals surface area (Å²) in [6.07, 6.45) is -9.42. The Hall–Kier alpha value is -3.35. The highest BCUT2D eigenvalue weighted by Gasteiger charge is 2.50. The Bertz CT molecular complexity index is 1300. The van der Waals surface area contributed by atoms with Gasteiger partial charge in [0.05, 0.1) is 23.2 Å². The number of carboxylic acids is 1. The van der Waals surface area contributed by atoms with E-state index in [2.05, 4.69) is 5.32 Å². The molecular weight excluding hydrogens is 559 g/mol. The number of alkyl halides is 6. The van der Waals surface area contributed by atoms with Crippen LogP contribution in [0.25, 0.3) is 0 Å². The van der Waals surface area contributed by atoms with E-state index in [1.54, 1.807) is 6.92 Å². The maximum Gasteiger partial charge on any atom is 0.416 e. The molecule has 2 heterocycles. The molecule has 0 aromatic heterocycles. The van der Waals surface area contributed by atoms with Gasteiger partial charge in [-0.05, 0) is 86.7 Å². The summed E-state index contributed by atoms with van der Waals surface area (Å²) in [6.45, 7) is 3.40. The average molecular weight is 589 g/mol. The number of halogens is 7. The molecule has 2 aromatic carbocycles. The number of likely N-dealkylation sites (tertiary alicyclic amines) is 1. The molecule has 224 valence electrons. The van der Waals surface area contributed by atoms with Crippen LogP contribution < -0.4 is 10.4 Å². The minimum absolute atomic E-state index is 0.0256. The van der Waals surface area contributed by atoms with Crippen molar-refractivity contribution in [3.8, 4) is 0 Å². The third kappa shape index (κ3) is 6.00. The fraction of sp³-hybridized carbons (Fsp3) is 0.500. The first kappa shape index (κ1) is 30.6. The van der Waals surface area contributed by atoms with Gasteiger partial charge in [-0.1, -0.05) is 6.07 Å². The first-order chi connectivity index (χ1) is 18.9. The Labute approximate surface area is 232 Å². The number of carboxylic acid groups (broad SMARTS) is 1. The van der Waals surface area contributed by atoms with Crippen molar-refractivity contribution in [3.63, 3.8) is 0 Å². The van der Waals surface area contributed by atoms with Crippen molar-refractivity contribution in [2.45, 2.75) is 63.1 Å². The quantitative estimate of drug-likeness (QED) is 0.498. The van der Waals surface area contributed by atoms with Crippen molar-refractivity contribution in [1.82, 2.24) is 15.1 Å². The van der Waals surface area contributed by atoms with Gasteiger partial charge in [-0.15, -0.1) is 0 Å². The number of hydrogen-bond acceptors (Lipinski definition) is 4. The van der Waals surface area contributed by atoms with Gasteiger partial charge in [0, 0.05) is 31.0 Å². The second kappa shape index (κ2) is 10.8. The first-order valence-corrected chi connectivity index (χ1v) is 13.0. The number of rotatable bonds is 4. The van der Waals surface area contributed by atoms with Gasteiger partial charge >= 0.3 is 18.4 Å². The smallest absolute Gasteiger partial charge is 0.416 e. The van der Waals surface area contributed by atoms with E-state index in [1.165, 1.54) is 37.1 Å². The fourth-order valence-corrected chi connectivity index (χ4v) is 6.05. The third-order valence-electron chi connectivity index (χ3n) is 8.41. The average Bonchev–Trinajstić information content (AvgIpc) is 3.29. The van der Waals surface area contributed by atoms with E-state index in [0.717, 1.165) is 4.90 Å². The number of aryl methyl sites for hydroxylation is 1. The molecule has 0 bridgehead atoms. The van der Waals surface area contributed by atoms with Gasteiger partial charge in [0.2, 0.25) is 0 Å². The molecule has 13 heteroatoms. The van der Waals surface area contributed by atoms with Crippen LogP contribution in [0.5, 0.6) is 0 Å². The summed E-state index contributed by atoms with van der Waals surface area (Å²) in [7, 11) is 1.28. The molecule has 6 nitrogen and oxygen atoms in total. The summed E-state index contributed by atoms with van der Waals surface area (Å²) in [5, 5.41) is 15.2. The second-order valence-corrected chi connectivity index (χ2v) is 10.8. The van der Waals surface area contributed by atoms with Gasteiger partial charge in [-0.3, -0.25) is 0 Å². The molecule has 2 aliphatic rings. The summed E-state index contributed by atoms with van der Waals surface area (Å²) >= 11 is 0. The maximum atomic E-state index is 13.9. The minimum Gasteiger partial charge on any atom is -0.550 e. The van der Waals surface area contributed by atoms with Crippen LogP contribution >= 0.6 is 0 Å². The number of carbonyl (C=O) groups excluding carboxylic acids is 2. The van der Waals surface area contributed by atoms with Crippen LogP contribution in [0.1, 0.15) is 66.1 Å². The van der Waals surface area contributed by atoms with Crippen LogP contribution in [0.15, 0.2) is 36.4 Å². The van der Waals surface area contributed by atoms with Gasteiger partial charge in [-0.2, -0.15) is 26.3 Å². The lowest BCUT2D eigenvalue weighted by Crippen LogP contribution is -2.59. The fourth-order valence-electron chi connectivity index (χ4n) is 6.05. The number of carbonyl (C=O) groups is 2. The predicted octanol–water partition coefficient (Wildman–Crippen LogP) is 5.22. The van der Waals surface area contributed by atoms with E-state index in [4.69, 9.17) is 0 Å². The zero-order valence-electron chi connectivity index (χ0n) is 22.5. The molecule has 2 amide bonds. The minimum atomic E-state index is -5.05. The topological polar surface area (TPSA) is 75.7 Å². The summed E-state index contributed by atoms with van der Waals surface area (Å²) in [5.41, 5.74) is -3.21. The molecule has 41 heavy (non-hydrogen) atoms. The van der Waals surface area contributed by atoms with E-state index in [1.807, 2.05) is 0 Å². The van der Waals surface area contributed by atoms with Gasteiger partial charge in [0.1, 0.15) is 5.82 Å². The van der Waals surface area contributed by atoms with Crippen LogP contribution in [-0.2, 0) is 17.1 Å².